The molecule has 0 unspecified atom stereocenters. The molecule has 0 fully saturated rings. The Morgan fingerprint density at radius 3 is 2.68 bits per heavy atom. The summed E-state index contributed by atoms with van der Waals surface area (Å²) < 4.78 is 30.8. The number of rotatable bonds is 6. The van der Waals surface area contributed by atoms with E-state index in [0.29, 0.717) is 17.0 Å². The third-order valence-electron chi connectivity index (χ3n) is 5.37. The Morgan fingerprint density at radius 1 is 1.19 bits per heavy atom. The third-order valence-corrected chi connectivity index (χ3v) is 6.09. The van der Waals surface area contributed by atoms with Crippen LogP contribution in [0.2, 0.25) is 0 Å². The van der Waals surface area contributed by atoms with Gasteiger partial charge >= 0.3 is 0 Å². The topological polar surface area (TPSA) is 85.8 Å². The lowest BCUT2D eigenvalue weighted by molar-refractivity contribution is -0.0343. The van der Waals surface area contributed by atoms with Gasteiger partial charge in [0.25, 0.3) is 5.56 Å². The van der Waals surface area contributed by atoms with E-state index in [1.807, 2.05) is 12.3 Å². The zero-order valence-electron chi connectivity index (χ0n) is 16.7. The normalized spacial score (nSPS) is 14.5. The van der Waals surface area contributed by atoms with Gasteiger partial charge in [-0.05, 0) is 37.4 Å². The summed E-state index contributed by atoms with van der Waals surface area (Å²) in [4.78, 5) is 22.4. The molecule has 0 bridgehead atoms. The Kier molecular flexibility index (Phi) is 5.59. The molecule has 2 atom stereocenters. The van der Waals surface area contributed by atoms with Crippen LogP contribution in [0.25, 0.3) is 10.9 Å². The zero-order valence-corrected chi connectivity index (χ0v) is 17.6. The van der Waals surface area contributed by atoms with Crippen LogP contribution in [0.4, 0.5) is 8.78 Å². The molecular weight excluding hydrogens is 424 g/mol. The number of hydrogen-bond donors (Lipinski definition) is 1. The molecule has 31 heavy (non-hydrogen) atoms. The fourth-order valence-electron chi connectivity index (χ4n) is 3.59. The number of nitrogens with zero attached hydrogens (tertiary/aromatic N) is 5. The van der Waals surface area contributed by atoms with Crippen molar-refractivity contribution >= 4 is 22.7 Å². The standard InChI is InChI=1S/C21H19F2N5O2S/c1-13(28-12-25-19-8-15(31-2)4-5-16(19)20(28)29)21(30,9-27-11-24-10-26-27)17-6-3-14(22)7-18(17)23/h3-8,10-13,30H,9H2,1-2H3/t13-,21-/m1/s1. The summed E-state index contributed by atoms with van der Waals surface area (Å²) in [7, 11) is 0. The van der Waals surface area contributed by atoms with Crippen LogP contribution in [-0.4, -0.2) is 35.7 Å². The number of hydrogen-bond acceptors (Lipinski definition) is 6. The minimum atomic E-state index is -1.95. The SMILES string of the molecule is CSc1ccc2c(=O)n([C@H](C)[C@](O)(Cn3cncn3)c3ccc(F)cc3F)cnc2c1. The number of aliphatic hydroxyl groups is 1. The summed E-state index contributed by atoms with van der Waals surface area (Å²) in [6.45, 7) is 1.36. The maximum absolute atomic E-state index is 14.7. The first kappa shape index (κ1) is 21.1. The van der Waals surface area contributed by atoms with E-state index in [9.17, 15) is 18.7 Å². The Balaban J connectivity index is 1.87. The number of benzene rings is 2. The van der Waals surface area contributed by atoms with Crippen LogP contribution in [0.5, 0.6) is 0 Å². The Morgan fingerprint density at radius 2 is 2.00 bits per heavy atom. The molecule has 0 saturated carbocycles. The van der Waals surface area contributed by atoms with E-state index in [2.05, 4.69) is 15.1 Å². The van der Waals surface area contributed by atoms with E-state index < -0.39 is 23.3 Å². The van der Waals surface area contributed by atoms with Crippen molar-refractivity contribution in [2.75, 3.05) is 6.26 Å². The van der Waals surface area contributed by atoms with Crippen LogP contribution in [0.15, 0.2) is 65.1 Å². The molecule has 4 rings (SSSR count). The van der Waals surface area contributed by atoms with Crippen molar-refractivity contribution in [3.8, 4) is 0 Å². The maximum Gasteiger partial charge on any atom is 0.261 e. The van der Waals surface area contributed by atoms with Crippen LogP contribution < -0.4 is 5.56 Å². The molecule has 2 aromatic heterocycles. The number of thioether (sulfide) groups is 1. The van der Waals surface area contributed by atoms with Gasteiger partial charge in [0.05, 0.1) is 29.8 Å². The first-order chi connectivity index (χ1) is 14.8. The first-order valence-electron chi connectivity index (χ1n) is 9.38. The molecule has 160 valence electrons. The van der Waals surface area contributed by atoms with Gasteiger partial charge in [-0.25, -0.2) is 23.4 Å². The van der Waals surface area contributed by atoms with E-state index in [-0.39, 0.29) is 17.7 Å². The van der Waals surface area contributed by atoms with Gasteiger partial charge in [-0.1, -0.05) is 6.07 Å². The number of aromatic nitrogens is 5. The van der Waals surface area contributed by atoms with Crippen molar-refractivity contribution in [3.63, 3.8) is 0 Å². The summed E-state index contributed by atoms with van der Waals surface area (Å²) in [5, 5.41) is 16.0. The summed E-state index contributed by atoms with van der Waals surface area (Å²) >= 11 is 1.53. The Bertz CT molecular complexity index is 1290. The van der Waals surface area contributed by atoms with Crippen molar-refractivity contribution in [3.05, 3.63) is 82.9 Å². The fraction of sp³-hybridized carbons (Fsp3) is 0.238. The lowest BCUT2D eigenvalue weighted by Gasteiger charge is -2.35. The van der Waals surface area contributed by atoms with Gasteiger partial charge in [-0.3, -0.25) is 9.36 Å². The van der Waals surface area contributed by atoms with Crippen LogP contribution in [0.1, 0.15) is 18.5 Å². The van der Waals surface area contributed by atoms with Crippen LogP contribution >= 0.6 is 11.8 Å². The van der Waals surface area contributed by atoms with Crippen molar-refractivity contribution in [2.24, 2.45) is 0 Å². The average Bonchev–Trinajstić information content (AvgIpc) is 3.25. The molecule has 0 amide bonds. The minimum absolute atomic E-state index is 0.165. The molecule has 7 nitrogen and oxygen atoms in total. The molecule has 10 heteroatoms. The van der Waals surface area contributed by atoms with E-state index in [1.54, 1.807) is 19.1 Å². The van der Waals surface area contributed by atoms with E-state index in [1.165, 1.54) is 46.1 Å². The van der Waals surface area contributed by atoms with Gasteiger partial charge in [-0.15, -0.1) is 11.8 Å². The predicted molar refractivity (Wildman–Crippen MR) is 113 cm³/mol. The minimum Gasteiger partial charge on any atom is -0.381 e. The van der Waals surface area contributed by atoms with Crippen LogP contribution in [-0.2, 0) is 12.1 Å². The van der Waals surface area contributed by atoms with Gasteiger partial charge in [0.1, 0.15) is 29.9 Å². The van der Waals surface area contributed by atoms with Crippen molar-refractivity contribution in [1.29, 1.82) is 0 Å². The molecule has 2 aromatic carbocycles. The highest BCUT2D eigenvalue weighted by molar-refractivity contribution is 7.98. The molecule has 0 aliphatic carbocycles. The van der Waals surface area contributed by atoms with Gasteiger partial charge in [0.2, 0.25) is 0 Å². The van der Waals surface area contributed by atoms with Crippen molar-refractivity contribution in [2.45, 2.75) is 30.0 Å². The highest BCUT2D eigenvalue weighted by Crippen LogP contribution is 2.36. The molecule has 4 aromatic rings. The van der Waals surface area contributed by atoms with E-state index in [4.69, 9.17) is 0 Å². The van der Waals surface area contributed by atoms with E-state index >= 15 is 0 Å². The lowest BCUT2D eigenvalue weighted by atomic mass is 9.86. The smallest absolute Gasteiger partial charge is 0.261 e. The number of halogens is 2. The zero-order chi connectivity index (χ0) is 22.2. The second-order valence-corrected chi connectivity index (χ2v) is 8.04. The molecule has 0 saturated heterocycles. The molecule has 2 heterocycles. The largest absolute Gasteiger partial charge is 0.381 e. The molecule has 0 spiro atoms. The summed E-state index contributed by atoms with van der Waals surface area (Å²) in [6, 6.07) is 7.24. The Hall–Kier alpha value is -3.11. The highest BCUT2D eigenvalue weighted by atomic mass is 32.2. The lowest BCUT2D eigenvalue weighted by Crippen LogP contribution is -2.43. The third kappa shape index (κ3) is 3.84. The number of fused-ring (bicyclic) bond motifs is 1. The highest BCUT2D eigenvalue weighted by Gasteiger charge is 2.41. The monoisotopic (exact) mass is 443 g/mol. The molecule has 0 aliphatic rings. The van der Waals surface area contributed by atoms with Crippen LogP contribution in [0.3, 0.4) is 0 Å². The molecule has 0 aliphatic heterocycles. The second kappa shape index (κ2) is 8.20. The van der Waals surface area contributed by atoms with Gasteiger partial charge < -0.3 is 5.11 Å². The van der Waals surface area contributed by atoms with Crippen molar-refractivity contribution in [1.82, 2.24) is 24.3 Å². The Labute approximate surface area is 180 Å². The van der Waals surface area contributed by atoms with Gasteiger partial charge in [0.15, 0.2) is 0 Å². The van der Waals surface area contributed by atoms with Crippen molar-refractivity contribution < 1.29 is 13.9 Å². The van der Waals surface area contributed by atoms with E-state index in [0.717, 1.165) is 11.0 Å². The summed E-state index contributed by atoms with van der Waals surface area (Å²) in [6.07, 6.45) is 5.89. The van der Waals surface area contributed by atoms with Gasteiger partial charge in [-0.2, -0.15) is 5.10 Å². The molecule has 1 N–H and O–H groups in total. The summed E-state index contributed by atoms with van der Waals surface area (Å²) in [5.41, 5.74) is -1.98. The van der Waals surface area contributed by atoms with Crippen LogP contribution in [0, 0.1) is 11.6 Å². The molecule has 0 radical (unpaired) electrons. The van der Waals surface area contributed by atoms with Gasteiger partial charge in [0, 0.05) is 16.5 Å². The fourth-order valence-corrected chi connectivity index (χ4v) is 4.03. The summed E-state index contributed by atoms with van der Waals surface area (Å²) in [5.74, 6) is -1.70. The maximum atomic E-state index is 14.7. The predicted octanol–water partition coefficient (Wildman–Crippen LogP) is 3.14. The quantitative estimate of drug-likeness (QED) is 0.461. The molecular formula is C21H19F2N5O2S. The average molecular weight is 443 g/mol. The first-order valence-corrected chi connectivity index (χ1v) is 10.6. The second-order valence-electron chi connectivity index (χ2n) is 7.16.